The molecule has 0 aliphatic heterocycles. The number of nitriles is 1. The van der Waals surface area contributed by atoms with Gasteiger partial charge < -0.3 is 5.41 Å². The minimum Gasteiger partial charge on any atom is -0.304 e. The van der Waals surface area contributed by atoms with Crippen LogP contribution in [0.2, 0.25) is 0 Å². The van der Waals surface area contributed by atoms with Gasteiger partial charge in [-0.2, -0.15) is 5.26 Å². The Morgan fingerprint density at radius 2 is 2.25 bits per heavy atom. The molecule has 0 bridgehead atoms. The van der Waals surface area contributed by atoms with Crippen LogP contribution in [0, 0.1) is 16.7 Å². The zero-order chi connectivity index (χ0) is 9.56. The van der Waals surface area contributed by atoms with Crippen LogP contribution >= 0.6 is 11.6 Å². The monoisotopic (exact) mass is 182 g/mol. The minimum absolute atomic E-state index is 0.340. The first-order chi connectivity index (χ1) is 5.65. The first-order valence-corrected chi connectivity index (χ1v) is 4.04. The van der Waals surface area contributed by atoms with Crippen LogP contribution in [0.4, 0.5) is 0 Å². The van der Waals surface area contributed by atoms with E-state index in [1.165, 1.54) is 6.08 Å². The Morgan fingerprint density at radius 1 is 1.67 bits per heavy atom. The summed E-state index contributed by atoms with van der Waals surface area (Å²) in [7, 11) is 0. The lowest BCUT2D eigenvalue weighted by molar-refractivity contribution is 1.25. The topological polar surface area (TPSA) is 47.6 Å². The van der Waals surface area contributed by atoms with Crippen LogP contribution in [0.5, 0.6) is 0 Å². The van der Waals surface area contributed by atoms with Gasteiger partial charge in [-0.05, 0) is 19.4 Å². The molecule has 0 aliphatic rings. The van der Waals surface area contributed by atoms with Crippen molar-refractivity contribution in [2.75, 3.05) is 0 Å². The predicted octanol–water partition coefficient (Wildman–Crippen LogP) is 3.01. The van der Waals surface area contributed by atoms with E-state index in [9.17, 15) is 0 Å². The molecule has 0 saturated heterocycles. The molecule has 64 valence electrons. The zero-order valence-electron chi connectivity index (χ0n) is 7.19. The van der Waals surface area contributed by atoms with Crippen molar-refractivity contribution in [1.29, 1.82) is 10.7 Å². The molecular weight excluding hydrogens is 172 g/mol. The van der Waals surface area contributed by atoms with Crippen LogP contribution in [0.3, 0.4) is 0 Å². The standard InChI is InChI=1S/C9H11ClN2/c1-3-7(6-11)5-8(10)9(12)4-2/h3,5,12H,4H2,1-2H3/b7-3+,8-5+,12-9?. The summed E-state index contributed by atoms with van der Waals surface area (Å²) in [5.74, 6) is 0. The molecule has 2 nitrogen and oxygen atoms in total. The maximum Gasteiger partial charge on any atom is 0.0988 e. The van der Waals surface area contributed by atoms with Crippen molar-refractivity contribution in [3.8, 4) is 6.07 Å². The highest BCUT2D eigenvalue weighted by molar-refractivity contribution is 6.43. The van der Waals surface area contributed by atoms with Gasteiger partial charge in [-0.3, -0.25) is 0 Å². The molecular formula is C9H11ClN2. The molecule has 0 unspecified atom stereocenters. The highest BCUT2D eigenvalue weighted by Crippen LogP contribution is 2.09. The average Bonchev–Trinajstić information content (AvgIpc) is 2.12. The molecule has 3 heteroatoms. The maximum absolute atomic E-state index is 8.54. The van der Waals surface area contributed by atoms with Crippen molar-refractivity contribution in [2.24, 2.45) is 0 Å². The molecule has 0 radical (unpaired) electrons. The van der Waals surface area contributed by atoms with Gasteiger partial charge in [-0.25, -0.2) is 0 Å². The number of halogens is 1. The lowest BCUT2D eigenvalue weighted by Crippen LogP contribution is -1.93. The van der Waals surface area contributed by atoms with Gasteiger partial charge in [0.1, 0.15) is 0 Å². The summed E-state index contributed by atoms with van der Waals surface area (Å²) in [5.41, 5.74) is 0.837. The van der Waals surface area contributed by atoms with Gasteiger partial charge in [-0.1, -0.05) is 24.6 Å². The SMILES string of the molecule is C/C=C(C#N)\C=C(\Cl)C(=N)CC. The van der Waals surface area contributed by atoms with Crippen molar-refractivity contribution in [2.45, 2.75) is 20.3 Å². The van der Waals surface area contributed by atoms with Crippen LogP contribution < -0.4 is 0 Å². The van der Waals surface area contributed by atoms with Gasteiger partial charge in [0.2, 0.25) is 0 Å². The fraction of sp³-hybridized carbons (Fsp3) is 0.333. The molecule has 0 aromatic heterocycles. The molecule has 0 rings (SSSR count). The van der Waals surface area contributed by atoms with E-state index in [0.717, 1.165) is 0 Å². The third kappa shape index (κ3) is 3.36. The van der Waals surface area contributed by atoms with Gasteiger partial charge in [0, 0.05) is 11.3 Å². The van der Waals surface area contributed by atoms with E-state index in [0.29, 0.717) is 22.7 Å². The fourth-order valence-corrected chi connectivity index (χ4v) is 0.824. The summed E-state index contributed by atoms with van der Waals surface area (Å²) in [5, 5.41) is 16.2. The number of allylic oxidation sites excluding steroid dienone is 4. The van der Waals surface area contributed by atoms with Crippen LogP contribution in [-0.4, -0.2) is 5.71 Å². The van der Waals surface area contributed by atoms with Crippen LogP contribution in [0.25, 0.3) is 0 Å². The molecule has 0 aliphatic carbocycles. The van der Waals surface area contributed by atoms with Gasteiger partial charge in [0.15, 0.2) is 0 Å². The smallest absolute Gasteiger partial charge is 0.0988 e. The minimum atomic E-state index is 0.340. The molecule has 0 heterocycles. The normalized spacial score (nSPS) is 12.5. The Labute approximate surface area is 77.7 Å². The fourth-order valence-electron chi connectivity index (χ4n) is 0.573. The molecule has 0 aromatic rings. The molecule has 0 saturated carbocycles. The van der Waals surface area contributed by atoms with E-state index < -0.39 is 0 Å². The second-order valence-corrected chi connectivity index (χ2v) is 2.59. The second kappa shape index (κ2) is 5.56. The van der Waals surface area contributed by atoms with Crippen LogP contribution in [0.1, 0.15) is 20.3 Å². The summed E-state index contributed by atoms with van der Waals surface area (Å²) < 4.78 is 0. The van der Waals surface area contributed by atoms with Crippen molar-refractivity contribution in [3.05, 3.63) is 22.8 Å². The predicted molar refractivity (Wildman–Crippen MR) is 51.3 cm³/mol. The third-order valence-electron chi connectivity index (χ3n) is 1.36. The van der Waals surface area contributed by atoms with E-state index in [1.807, 2.05) is 13.0 Å². The Hall–Kier alpha value is -1.07. The molecule has 0 spiro atoms. The van der Waals surface area contributed by atoms with Gasteiger partial charge in [-0.15, -0.1) is 0 Å². The second-order valence-electron chi connectivity index (χ2n) is 2.18. The van der Waals surface area contributed by atoms with E-state index in [1.54, 1.807) is 13.0 Å². The quantitative estimate of drug-likeness (QED) is 0.407. The lowest BCUT2D eigenvalue weighted by Gasteiger charge is -1.96. The number of hydrogen-bond acceptors (Lipinski definition) is 2. The molecule has 0 atom stereocenters. The lowest BCUT2D eigenvalue weighted by atomic mass is 10.2. The summed E-state index contributed by atoms with van der Waals surface area (Å²) in [6.45, 7) is 3.61. The number of rotatable bonds is 3. The Balaban J connectivity index is 4.58. The largest absolute Gasteiger partial charge is 0.304 e. The molecule has 1 N–H and O–H groups in total. The number of nitrogens with one attached hydrogen (secondary N) is 1. The zero-order valence-corrected chi connectivity index (χ0v) is 7.94. The summed E-state index contributed by atoms with van der Waals surface area (Å²) in [4.78, 5) is 0. The maximum atomic E-state index is 8.54. The van der Waals surface area contributed by atoms with Gasteiger partial charge in [0.05, 0.1) is 11.1 Å². The molecule has 0 aromatic carbocycles. The van der Waals surface area contributed by atoms with Crippen molar-refractivity contribution in [1.82, 2.24) is 0 Å². The van der Waals surface area contributed by atoms with E-state index >= 15 is 0 Å². The van der Waals surface area contributed by atoms with Crippen molar-refractivity contribution in [3.63, 3.8) is 0 Å². The van der Waals surface area contributed by atoms with Crippen LogP contribution in [-0.2, 0) is 0 Å². The molecule has 12 heavy (non-hydrogen) atoms. The van der Waals surface area contributed by atoms with E-state index in [4.69, 9.17) is 22.3 Å². The summed E-state index contributed by atoms with van der Waals surface area (Å²) in [6, 6.07) is 1.97. The van der Waals surface area contributed by atoms with Crippen LogP contribution in [0.15, 0.2) is 22.8 Å². The first-order valence-electron chi connectivity index (χ1n) is 3.67. The van der Waals surface area contributed by atoms with E-state index in [2.05, 4.69) is 0 Å². The van der Waals surface area contributed by atoms with Crippen molar-refractivity contribution >= 4 is 17.3 Å². The van der Waals surface area contributed by atoms with Crippen molar-refractivity contribution < 1.29 is 0 Å². The summed E-state index contributed by atoms with van der Waals surface area (Å²) in [6.07, 6.45) is 3.75. The molecule has 0 fully saturated rings. The Kier molecular flexibility index (Phi) is 5.07. The highest BCUT2D eigenvalue weighted by Gasteiger charge is 1.99. The molecule has 0 amide bonds. The van der Waals surface area contributed by atoms with E-state index in [-0.39, 0.29) is 0 Å². The number of hydrogen-bond donors (Lipinski definition) is 1. The van der Waals surface area contributed by atoms with Gasteiger partial charge in [0.25, 0.3) is 0 Å². The Morgan fingerprint density at radius 3 is 2.58 bits per heavy atom. The van der Waals surface area contributed by atoms with Gasteiger partial charge >= 0.3 is 0 Å². The summed E-state index contributed by atoms with van der Waals surface area (Å²) >= 11 is 5.73. The highest BCUT2D eigenvalue weighted by atomic mass is 35.5. The Bertz CT molecular complexity index is 269. The first kappa shape index (κ1) is 10.9. The number of nitrogens with zero attached hydrogens (tertiary/aromatic N) is 1. The average molecular weight is 183 g/mol. The third-order valence-corrected chi connectivity index (χ3v) is 1.70.